The number of aliphatic hydroxyl groups is 1. The Hall–Kier alpha value is 0.131. The van der Waals surface area contributed by atoms with Gasteiger partial charge in [0.25, 0.3) is 0 Å². The van der Waals surface area contributed by atoms with E-state index in [4.69, 9.17) is 9.47 Å². The smallest absolute Gasteiger partial charge is 1.00 e. The topological polar surface area (TPSA) is 38.7 Å². The number of rotatable bonds is 7. The molecule has 0 spiro atoms. The van der Waals surface area contributed by atoms with Crippen molar-refractivity contribution in [3.63, 3.8) is 0 Å². The molecular formula is C28H45ClLiNiO3P. The van der Waals surface area contributed by atoms with Crippen LogP contribution < -0.4 is 31.3 Å². The Morgan fingerprint density at radius 3 is 1.34 bits per heavy atom. The molecule has 0 heterocycles. The van der Waals surface area contributed by atoms with Crippen molar-refractivity contribution in [2.75, 3.05) is 20.4 Å². The Morgan fingerprint density at radius 1 is 0.743 bits per heavy atom. The minimum Gasteiger partial charge on any atom is -1.00 e. The molecule has 0 radical (unpaired) electrons. The summed E-state index contributed by atoms with van der Waals surface area (Å²) in [4.78, 5) is 0. The van der Waals surface area contributed by atoms with Gasteiger partial charge in [-0.3, -0.25) is 0 Å². The van der Waals surface area contributed by atoms with E-state index in [0.29, 0.717) is 6.16 Å². The van der Waals surface area contributed by atoms with Gasteiger partial charge in [-0.2, -0.15) is 13.8 Å². The van der Waals surface area contributed by atoms with Gasteiger partial charge in [0, 0.05) is 44.2 Å². The van der Waals surface area contributed by atoms with Gasteiger partial charge in [-0.1, -0.05) is 60.7 Å². The summed E-state index contributed by atoms with van der Waals surface area (Å²) in [6, 6.07) is 19.6. The van der Waals surface area contributed by atoms with Crippen molar-refractivity contribution < 1.29 is 62.3 Å². The molecule has 2 rings (SSSR count). The van der Waals surface area contributed by atoms with E-state index in [1.54, 1.807) is 14.2 Å². The van der Waals surface area contributed by atoms with Crippen molar-refractivity contribution >= 4 is 7.92 Å². The van der Waals surface area contributed by atoms with Crippen molar-refractivity contribution in [2.24, 2.45) is 0 Å². The van der Waals surface area contributed by atoms with Crippen LogP contribution in [0.1, 0.15) is 66.5 Å². The summed E-state index contributed by atoms with van der Waals surface area (Å²) in [5.41, 5.74) is 0.262. The molecule has 3 nitrogen and oxygen atoms in total. The van der Waals surface area contributed by atoms with Crippen molar-refractivity contribution in [3.05, 3.63) is 78.2 Å². The van der Waals surface area contributed by atoms with Gasteiger partial charge in [0.05, 0.1) is 16.5 Å². The maximum Gasteiger partial charge on any atom is 1.00 e. The predicted molar refractivity (Wildman–Crippen MR) is 141 cm³/mol. The molecule has 0 aliphatic carbocycles. The van der Waals surface area contributed by atoms with Crippen LogP contribution in [-0.4, -0.2) is 35.8 Å². The Labute approximate surface area is 244 Å². The molecule has 198 valence electrons. The van der Waals surface area contributed by atoms with Crippen LogP contribution in [0.5, 0.6) is 0 Å². The third-order valence-corrected chi connectivity index (χ3v) is 10.3. The molecule has 2 aromatic carbocycles. The summed E-state index contributed by atoms with van der Waals surface area (Å²) >= 11 is 0. The van der Waals surface area contributed by atoms with Crippen LogP contribution in [0.2, 0.25) is 0 Å². The van der Waals surface area contributed by atoms with Crippen molar-refractivity contribution in [3.8, 4) is 0 Å². The average molecular weight is 562 g/mol. The van der Waals surface area contributed by atoms with Crippen LogP contribution in [0.3, 0.4) is 0 Å². The van der Waals surface area contributed by atoms with Gasteiger partial charge in [-0.05, 0) is 47.1 Å². The maximum absolute atomic E-state index is 12.5. The maximum atomic E-state index is 12.5. The van der Waals surface area contributed by atoms with Crippen LogP contribution in [0, 0.1) is 6.42 Å². The summed E-state index contributed by atoms with van der Waals surface area (Å²) in [5.74, 6) is -1.32. The van der Waals surface area contributed by atoms with E-state index in [9.17, 15) is 5.11 Å². The summed E-state index contributed by atoms with van der Waals surface area (Å²) < 4.78 is 12.1. The second-order valence-corrected chi connectivity index (χ2v) is 14.7. The molecule has 0 aliphatic rings. The van der Waals surface area contributed by atoms with E-state index in [1.165, 1.54) is 0 Å². The molecule has 1 unspecified atom stereocenters. The van der Waals surface area contributed by atoms with Crippen molar-refractivity contribution in [2.45, 2.75) is 77.1 Å². The standard InChI is InChI=1S/C25H37O3P.C3H7.ClH.Li.Ni/c1-22(2,3)29(23(4,5)6)19-24(26,20-15-11-9-12-16-20)25(27-7,28-8)21-17-13-10-14-18-21;1-3-2;;;/h9-18,26H,19H2,1-8H3;3H,1-2H3;1H;;/q;-1;;+1;. The van der Waals surface area contributed by atoms with Crippen LogP contribution >= 0.6 is 7.92 Å². The zero-order chi connectivity index (χ0) is 24.6. The van der Waals surface area contributed by atoms with Gasteiger partial charge in [-0.25, -0.2) is 0 Å². The van der Waals surface area contributed by atoms with Gasteiger partial charge in [0.15, 0.2) is 5.60 Å². The number of halogens is 1. The number of ether oxygens (including phenoxy) is 2. The molecule has 0 saturated carbocycles. The van der Waals surface area contributed by atoms with E-state index < -0.39 is 19.3 Å². The Balaban J connectivity index is -0.00000162. The molecule has 2 aromatic rings. The number of benzene rings is 2. The summed E-state index contributed by atoms with van der Waals surface area (Å²) in [6.07, 6.45) is 2.59. The fourth-order valence-electron chi connectivity index (χ4n) is 4.59. The minimum atomic E-state index is -1.35. The fourth-order valence-corrected chi connectivity index (χ4v) is 8.85. The zero-order valence-electron chi connectivity index (χ0n) is 23.5. The van der Waals surface area contributed by atoms with E-state index in [2.05, 4.69) is 41.5 Å². The molecule has 0 aromatic heterocycles. The molecule has 7 heteroatoms. The Morgan fingerprint density at radius 2 is 1.06 bits per heavy atom. The van der Waals surface area contributed by atoms with Crippen LogP contribution in [0.15, 0.2) is 60.7 Å². The first-order chi connectivity index (χ1) is 14.8. The molecule has 1 N–H and O–H groups in total. The molecule has 0 aliphatic heterocycles. The first kappa shape index (κ1) is 39.6. The summed E-state index contributed by atoms with van der Waals surface area (Å²) in [7, 11) is 2.13. The van der Waals surface area contributed by atoms with Gasteiger partial charge < -0.3 is 33.4 Å². The van der Waals surface area contributed by atoms with E-state index in [-0.39, 0.29) is 58.1 Å². The van der Waals surface area contributed by atoms with Crippen molar-refractivity contribution in [1.82, 2.24) is 0 Å². The quantitative estimate of drug-likeness (QED) is 0.238. The molecule has 0 saturated heterocycles. The molecule has 35 heavy (non-hydrogen) atoms. The van der Waals surface area contributed by atoms with Gasteiger partial charge in [0.2, 0.25) is 5.79 Å². The van der Waals surface area contributed by atoms with Gasteiger partial charge in [-0.15, -0.1) is 0 Å². The third-order valence-electron chi connectivity index (χ3n) is 5.77. The van der Waals surface area contributed by atoms with Crippen LogP contribution in [0.25, 0.3) is 0 Å². The largest absolute Gasteiger partial charge is 1.00 e. The van der Waals surface area contributed by atoms with Gasteiger partial charge >= 0.3 is 18.9 Å². The van der Waals surface area contributed by atoms with Crippen LogP contribution in [-0.2, 0) is 37.4 Å². The fraction of sp³-hybridized carbons (Fsp3) is 0.536. The summed E-state index contributed by atoms with van der Waals surface area (Å²) in [5, 5.41) is 12.7. The third kappa shape index (κ3) is 9.75. The average Bonchev–Trinajstić information content (AvgIpc) is 2.74. The SMILES string of the molecule is COC(OC)(c1ccccc1)C(O)(C[PH+](C(C)(C)C)C(C)(C)C)c1ccccc1.C[CH-]C.[Cl-].[Li+].[Ni]. The number of hydrogen-bond acceptors (Lipinski definition) is 3. The van der Waals surface area contributed by atoms with E-state index in [1.807, 2.05) is 80.9 Å². The molecule has 0 bridgehead atoms. The normalized spacial score (nSPS) is 13.3. The first-order valence-corrected chi connectivity index (χ1v) is 13.1. The van der Waals surface area contributed by atoms with E-state index >= 15 is 0 Å². The first-order valence-electron chi connectivity index (χ1n) is 11.4. The number of methoxy groups -OCH3 is 2. The van der Waals surface area contributed by atoms with Gasteiger partial charge in [0.1, 0.15) is 0 Å². The summed E-state index contributed by atoms with van der Waals surface area (Å²) in [6.45, 7) is 17.7. The Bertz CT molecular complexity index is 779. The molecule has 0 fully saturated rings. The second-order valence-electron chi connectivity index (χ2n) is 10.3. The monoisotopic (exact) mass is 560 g/mol. The number of hydrogen-bond donors (Lipinski definition) is 1. The minimum absolute atomic E-state index is 0. The molecule has 0 amide bonds. The second kappa shape index (κ2) is 16.9. The van der Waals surface area contributed by atoms with E-state index in [0.717, 1.165) is 11.1 Å². The molecule has 1 atom stereocenters. The van der Waals surface area contributed by atoms with Crippen LogP contribution in [0.4, 0.5) is 0 Å². The van der Waals surface area contributed by atoms with Crippen molar-refractivity contribution in [1.29, 1.82) is 0 Å². The zero-order valence-corrected chi connectivity index (χ0v) is 26.3. The molecular weight excluding hydrogens is 516 g/mol. The predicted octanol–water partition coefficient (Wildman–Crippen LogP) is 1.07. The Kier molecular flexibility index (Phi) is 19.1.